The SMILES string of the molecule is C[C@@]1(O)C[C@@H](SCCO)C(=O)N1Cc1ccccc1. The fraction of sp³-hybridized carbons (Fsp3) is 0.500. The second-order valence-corrected chi connectivity index (χ2v) is 6.22. The van der Waals surface area contributed by atoms with Crippen LogP contribution in [0, 0.1) is 0 Å². The first kappa shape index (κ1) is 14.4. The van der Waals surface area contributed by atoms with E-state index < -0.39 is 5.72 Å². The Labute approximate surface area is 117 Å². The molecule has 1 aliphatic heterocycles. The van der Waals surface area contributed by atoms with Crippen LogP contribution in [0.3, 0.4) is 0 Å². The number of nitrogens with zero attached hydrogens (tertiary/aromatic N) is 1. The summed E-state index contributed by atoms with van der Waals surface area (Å²) in [7, 11) is 0. The zero-order chi connectivity index (χ0) is 13.9. The number of thioether (sulfide) groups is 1. The average molecular weight is 281 g/mol. The summed E-state index contributed by atoms with van der Waals surface area (Å²) in [5.41, 5.74) is -0.107. The predicted octanol–water partition coefficient (Wildman–Crippen LogP) is 1.22. The van der Waals surface area contributed by atoms with Gasteiger partial charge in [0.05, 0.1) is 11.9 Å². The maximum atomic E-state index is 12.3. The van der Waals surface area contributed by atoms with Crippen molar-refractivity contribution in [1.82, 2.24) is 4.90 Å². The van der Waals surface area contributed by atoms with Crippen molar-refractivity contribution in [1.29, 1.82) is 0 Å². The quantitative estimate of drug-likeness (QED) is 0.852. The molecule has 19 heavy (non-hydrogen) atoms. The molecule has 1 fully saturated rings. The fourth-order valence-electron chi connectivity index (χ4n) is 2.30. The Morgan fingerprint density at radius 2 is 2.11 bits per heavy atom. The molecule has 0 radical (unpaired) electrons. The van der Waals surface area contributed by atoms with Gasteiger partial charge in [0.1, 0.15) is 5.72 Å². The third-order valence-electron chi connectivity index (χ3n) is 3.29. The topological polar surface area (TPSA) is 60.8 Å². The molecule has 0 aliphatic carbocycles. The molecule has 1 aromatic rings. The van der Waals surface area contributed by atoms with Gasteiger partial charge in [0.25, 0.3) is 0 Å². The lowest BCUT2D eigenvalue weighted by Crippen LogP contribution is -2.42. The molecule has 1 amide bonds. The molecule has 2 rings (SSSR count). The van der Waals surface area contributed by atoms with Gasteiger partial charge in [-0.2, -0.15) is 0 Å². The van der Waals surface area contributed by atoms with Crippen LogP contribution in [0.5, 0.6) is 0 Å². The number of hydrogen-bond donors (Lipinski definition) is 2. The van der Waals surface area contributed by atoms with E-state index in [0.717, 1.165) is 5.56 Å². The highest BCUT2D eigenvalue weighted by Crippen LogP contribution is 2.35. The average Bonchev–Trinajstić information content (AvgIpc) is 2.61. The maximum Gasteiger partial charge on any atom is 0.238 e. The number of hydrogen-bond acceptors (Lipinski definition) is 4. The van der Waals surface area contributed by atoms with E-state index in [2.05, 4.69) is 0 Å². The third-order valence-corrected chi connectivity index (χ3v) is 4.48. The molecule has 4 nitrogen and oxygen atoms in total. The molecule has 1 aromatic carbocycles. The number of carbonyl (C=O) groups is 1. The number of amides is 1. The zero-order valence-electron chi connectivity index (χ0n) is 11.0. The summed E-state index contributed by atoms with van der Waals surface area (Å²) < 4.78 is 0. The molecule has 0 unspecified atom stereocenters. The lowest BCUT2D eigenvalue weighted by Gasteiger charge is -2.29. The van der Waals surface area contributed by atoms with Gasteiger partial charge in [0.15, 0.2) is 0 Å². The smallest absolute Gasteiger partial charge is 0.238 e. The Kier molecular flexibility index (Phi) is 4.50. The molecule has 5 heteroatoms. The van der Waals surface area contributed by atoms with Crippen LogP contribution in [0.4, 0.5) is 0 Å². The van der Waals surface area contributed by atoms with Crippen LogP contribution in [0.1, 0.15) is 18.9 Å². The van der Waals surface area contributed by atoms with Gasteiger partial charge in [-0.3, -0.25) is 4.79 Å². The maximum absolute atomic E-state index is 12.3. The number of carbonyl (C=O) groups excluding carboxylic acids is 1. The van der Waals surface area contributed by atoms with E-state index in [1.165, 1.54) is 16.7 Å². The van der Waals surface area contributed by atoms with Crippen molar-refractivity contribution in [2.24, 2.45) is 0 Å². The molecule has 1 aliphatic rings. The molecule has 0 bridgehead atoms. The summed E-state index contributed by atoms with van der Waals surface area (Å²) in [6, 6.07) is 9.65. The van der Waals surface area contributed by atoms with Gasteiger partial charge in [0.2, 0.25) is 5.91 Å². The van der Waals surface area contributed by atoms with Gasteiger partial charge < -0.3 is 15.1 Å². The minimum Gasteiger partial charge on any atom is -0.396 e. The molecule has 0 aromatic heterocycles. The summed E-state index contributed by atoms with van der Waals surface area (Å²) in [5.74, 6) is 0.471. The van der Waals surface area contributed by atoms with Crippen molar-refractivity contribution in [3.8, 4) is 0 Å². The first-order valence-electron chi connectivity index (χ1n) is 6.35. The Morgan fingerprint density at radius 1 is 1.42 bits per heavy atom. The van der Waals surface area contributed by atoms with Crippen molar-refractivity contribution < 1.29 is 15.0 Å². The minimum absolute atomic E-state index is 0.0488. The molecule has 2 N–H and O–H groups in total. The molecule has 2 atom stereocenters. The number of likely N-dealkylation sites (tertiary alicyclic amines) is 1. The molecular weight excluding hydrogens is 262 g/mol. The number of benzene rings is 1. The zero-order valence-corrected chi connectivity index (χ0v) is 11.8. The van der Waals surface area contributed by atoms with Crippen molar-refractivity contribution in [2.75, 3.05) is 12.4 Å². The lowest BCUT2D eigenvalue weighted by atomic mass is 10.1. The number of aliphatic hydroxyl groups is 2. The highest BCUT2D eigenvalue weighted by Gasteiger charge is 2.46. The first-order chi connectivity index (χ1) is 9.04. The van der Waals surface area contributed by atoms with Crippen molar-refractivity contribution in [3.05, 3.63) is 35.9 Å². The van der Waals surface area contributed by atoms with Crippen molar-refractivity contribution in [3.63, 3.8) is 0 Å². The summed E-state index contributed by atoms with van der Waals surface area (Å²) >= 11 is 1.41. The fourth-order valence-corrected chi connectivity index (χ4v) is 3.39. The third kappa shape index (κ3) is 3.29. The van der Waals surface area contributed by atoms with Crippen LogP contribution in [0.25, 0.3) is 0 Å². The number of aliphatic hydroxyl groups excluding tert-OH is 1. The Bertz CT molecular complexity index is 436. The number of rotatable bonds is 5. The van der Waals surface area contributed by atoms with Crippen LogP contribution in [0.2, 0.25) is 0 Å². The normalized spacial score (nSPS) is 27.0. The van der Waals surface area contributed by atoms with Crippen LogP contribution in [0.15, 0.2) is 30.3 Å². The monoisotopic (exact) mass is 281 g/mol. The van der Waals surface area contributed by atoms with Crippen molar-refractivity contribution in [2.45, 2.75) is 30.9 Å². The van der Waals surface area contributed by atoms with E-state index in [1.54, 1.807) is 6.92 Å². The summed E-state index contributed by atoms with van der Waals surface area (Å²) in [6.45, 7) is 2.14. The van der Waals surface area contributed by atoms with Crippen LogP contribution in [-0.2, 0) is 11.3 Å². The molecule has 1 saturated heterocycles. The highest BCUT2D eigenvalue weighted by molar-refractivity contribution is 8.00. The summed E-state index contributed by atoms with van der Waals surface area (Å²) in [4.78, 5) is 13.8. The molecule has 1 heterocycles. The standard InChI is InChI=1S/C14H19NO3S/c1-14(18)9-12(19-8-7-16)13(17)15(14)10-11-5-3-2-4-6-11/h2-6,12,16,18H,7-10H2,1H3/t12-,14-/m1/s1. The molecule has 104 valence electrons. The highest BCUT2D eigenvalue weighted by atomic mass is 32.2. The van der Waals surface area contributed by atoms with Gasteiger partial charge in [-0.15, -0.1) is 11.8 Å². The van der Waals surface area contributed by atoms with E-state index in [-0.39, 0.29) is 17.8 Å². The lowest BCUT2D eigenvalue weighted by molar-refractivity contribution is -0.143. The van der Waals surface area contributed by atoms with Crippen LogP contribution < -0.4 is 0 Å². The molecule has 0 saturated carbocycles. The minimum atomic E-state index is -1.11. The Hall–Kier alpha value is -1.04. The van der Waals surface area contributed by atoms with Crippen molar-refractivity contribution >= 4 is 17.7 Å². The summed E-state index contributed by atoms with van der Waals surface area (Å²) in [5, 5.41) is 19.0. The second-order valence-electron chi connectivity index (χ2n) is 4.91. The predicted molar refractivity (Wildman–Crippen MR) is 75.6 cm³/mol. The molecular formula is C14H19NO3S. The van der Waals surface area contributed by atoms with Gasteiger partial charge >= 0.3 is 0 Å². The Balaban J connectivity index is 2.08. The van der Waals surface area contributed by atoms with E-state index >= 15 is 0 Å². The van der Waals surface area contributed by atoms with Gasteiger partial charge in [-0.05, 0) is 12.5 Å². The van der Waals surface area contributed by atoms with Gasteiger partial charge in [0, 0.05) is 18.7 Å². The van der Waals surface area contributed by atoms with Gasteiger partial charge in [-0.25, -0.2) is 0 Å². The van der Waals surface area contributed by atoms with E-state index in [4.69, 9.17) is 5.11 Å². The van der Waals surface area contributed by atoms with E-state index in [0.29, 0.717) is 18.7 Å². The second kappa shape index (κ2) is 5.94. The Morgan fingerprint density at radius 3 is 2.74 bits per heavy atom. The van der Waals surface area contributed by atoms with Crippen LogP contribution >= 0.6 is 11.8 Å². The van der Waals surface area contributed by atoms with E-state index in [9.17, 15) is 9.90 Å². The van der Waals surface area contributed by atoms with Crippen LogP contribution in [-0.4, -0.2) is 44.4 Å². The van der Waals surface area contributed by atoms with E-state index in [1.807, 2.05) is 30.3 Å². The first-order valence-corrected chi connectivity index (χ1v) is 7.40. The van der Waals surface area contributed by atoms with Gasteiger partial charge in [-0.1, -0.05) is 30.3 Å². The summed E-state index contributed by atoms with van der Waals surface area (Å²) in [6.07, 6.45) is 0.406. The molecule has 0 spiro atoms. The largest absolute Gasteiger partial charge is 0.396 e.